The Hall–Kier alpha value is -3.58. The zero-order valence-corrected chi connectivity index (χ0v) is 18.8. The van der Waals surface area contributed by atoms with Crippen LogP contribution in [0.3, 0.4) is 0 Å². The van der Waals surface area contributed by atoms with Gasteiger partial charge in [-0.25, -0.2) is 0 Å². The number of ether oxygens (including phenoxy) is 1. The van der Waals surface area contributed by atoms with Crippen LogP contribution in [-0.2, 0) is 11.2 Å². The standard InChI is InChI=1S/C26H24O6S/c1-16-21(22-3-2-4-23(25(22)32-16)31-15-24(29)30)13-14-33-26(17-5-9-19(27)10-6-17)18-7-11-20(28)12-8-18/h2-12,26-28H,13-15H2,1H3,(H,29,30)/p-1. The molecule has 1 aromatic heterocycles. The predicted octanol–water partition coefficient (Wildman–Crippen LogP) is 4.35. The predicted molar refractivity (Wildman–Crippen MR) is 126 cm³/mol. The molecule has 0 aliphatic heterocycles. The third kappa shape index (κ3) is 5.26. The number of aliphatic carboxylic acids is 1. The Morgan fingerprint density at radius 2 is 1.61 bits per heavy atom. The molecule has 0 atom stereocenters. The topological polar surface area (TPSA) is 103 Å². The number of para-hydroxylation sites is 1. The molecule has 1 heterocycles. The maximum Gasteiger partial charge on any atom is 0.176 e. The van der Waals surface area contributed by atoms with Crippen molar-refractivity contribution in [1.29, 1.82) is 0 Å². The number of hydrogen-bond acceptors (Lipinski definition) is 7. The summed E-state index contributed by atoms with van der Waals surface area (Å²) in [6.07, 6.45) is 0.736. The lowest BCUT2D eigenvalue weighted by Gasteiger charge is -2.18. The van der Waals surface area contributed by atoms with Gasteiger partial charge in [-0.2, -0.15) is 0 Å². The van der Waals surface area contributed by atoms with Crippen molar-refractivity contribution >= 4 is 28.7 Å². The van der Waals surface area contributed by atoms with Gasteiger partial charge in [0.1, 0.15) is 23.9 Å². The summed E-state index contributed by atoms with van der Waals surface area (Å²) in [4.78, 5) is 10.8. The Morgan fingerprint density at radius 1 is 1.00 bits per heavy atom. The number of carbonyl (C=O) groups is 1. The average Bonchev–Trinajstić information content (AvgIpc) is 3.12. The van der Waals surface area contributed by atoms with Crippen LogP contribution in [0.1, 0.15) is 27.7 Å². The van der Waals surface area contributed by atoms with Crippen molar-refractivity contribution in [2.24, 2.45) is 0 Å². The number of fused-ring (bicyclic) bond motifs is 1. The summed E-state index contributed by atoms with van der Waals surface area (Å²) in [5.74, 6) is 1.06. The highest BCUT2D eigenvalue weighted by Crippen LogP contribution is 2.39. The van der Waals surface area contributed by atoms with Crippen LogP contribution in [0, 0.1) is 6.92 Å². The molecule has 4 aromatic rings. The van der Waals surface area contributed by atoms with Crippen LogP contribution >= 0.6 is 11.8 Å². The number of hydrogen-bond donors (Lipinski definition) is 2. The Balaban J connectivity index is 1.55. The van der Waals surface area contributed by atoms with E-state index in [1.807, 2.05) is 43.3 Å². The molecule has 0 spiro atoms. The SMILES string of the molecule is Cc1oc2c(OCC(=O)[O-])cccc2c1CCSC(c1ccc(O)cc1)c1ccc(O)cc1. The molecule has 7 heteroatoms. The molecule has 170 valence electrons. The first kappa shape index (κ1) is 22.6. The lowest BCUT2D eigenvalue weighted by Crippen LogP contribution is -2.28. The summed E-state index contributed by atoms with van der Waals surface area (Å²) < 4.78 is 11.2. The number of phenols is 2. The van der Waals surface area contributed by atoms with Crippen LogP contribution in [0.5, 0.6) is 17.2 Å². The van der Waals surface area contributed by atoms with Gasteiger partial charge in [0.25, 0.3) is 0 Å². The fraction of sp³-hybridized carbons (Fsp3) is 0.192. The van der Waals surface area contributed by atoms with Crippen LogP contribution < -0.4 is 9.84 Å². The van der Waals surface area contributed by atoms with Gasteiger partial charge < -0.3 is 29.3 Å². The highest BCUT2D eigenvalue weighted by atomic mass is 32.2. The minimum absolute atomic E-state index is 0.0200. The minimum atomic E-state index is -1.29. The van der Waals surface area contributed by atoms with Gasteiger partial charge >= 0.3 is 0 Å². The Kier molecular flexibility index (Phi) is 6.79. The molecular weight excluding hydrogens is 440 g/mol. The van der Waals surface area contributed by atoms with E-state index in [9.17, 15) is 20.1 Å². The lowest BCUT2D eigenvalue weighted by atomic mass is 10.0. The van der Waals surface area contributed by atoms with Crippen molar-refractivity contribution in [3.05, 3.63) is 89.2 Å². The van der Waals surface area contributed by atoms with Crippen molar-refractivity contribution in [2.75, 3.05) is 12.4 Å². The Morgan fingerprint density at radius 3 is 2.18 bits per heavy atom. The van der Waals surface area contributed by atoms with Crippen molar-refractivity contribution in [2.45, 2.75) is 18.6 Å². The maximum atomic E-state index is 10.8. The number of carboxylic acid groups (broad SMARTS) is 1. The summed E-state index contributed by atoms with van der Waals surface area (Å²) in [6.45, 7) is 1.35. The molecule has 33 heavy (non-hydrogen) atoms. The third-order valence-electron chi connectivity index (χ3n) is 5.36. The molecule has 0 aliphatic rings. The van der Waals surface area contributed by atoms with E-state index in [1.54, 1.807) is 42.1 Å². The molecule has 4 rings (SSSR count). The van der Waals surface area contributed by atoms with E-state index in [0.29, 0.717) is 11.3 Å². The van der Waals surface area contributed by atoms with Crippen molar-refractivity contribution in [3.8, 4) is 17.2 Å². The number of thioether (sulfide) groups is 1. The summed E-state index contributed by atoms with van der Waals surface area (Å²) in [7, 11) is 0. The molecule has 2 N–H and O–H groups in total. The quantitative estimate of drug-likeness (QED) is 0.380. The number of phenolic OH excluding ortho intramolecular Hbond substituents is 2. The van der Waals surface area contributed by atoms with Crippen LogP contribution in [0.2, 0.25) is 0 Å². The van der Waals surface area contributed by atoms with E-state index < -0.39 is 12.6 Å². The number of carboxylic acids is 1. The number of aryl methyl sites for hydroxylation is 2. The zero-order chi connectivity index (χ0) is 23.4. The molecular formula is C26H23O6S-. The minimum Gasteiger partial charge on any atom is -0.546 e. The number of aromatic hydroxyl groups is 2. The molecule has 0 bridgehead atoms. The molecule has 0 saturated carbocycles. The fourth-order valence-corrected chi connectivity index (χ4v) is 5.04. The molecule has 0 unspecified atom stereocenters. The average molecular weight is 464 g/mol. The molecule has 0 aliphatic carbocycles. The van der Waals surface area contributed by atoms with Crippen molar-refractivity contribution < 1.29 is 29.3 Å². The second-order valence-corrected chi connectivity index (χ2v) is 8.83. The monoisotopic (exact) mass is 463 g/mol. The zero-order valence-electron chi connectivity index (χ0n) is 18.0. The largest absolute Gasteiger partial charge is 0.546 e. The highest BCUT2D eigenvalue weighted by Gasteiger charge is 2.18. The maximum absolute atomic E-state index is 10.8. The number of furan rings is 1. The first-order valence-corrected chi connectivity index (χ1v) is 11.5. The number of benzene rings is 3. The highest BCUT2D eigenvalue weighted by molar-refractivity contribution is 7.99. The van der Waals surface area contributed by atoms with Gasteiger partial charge in [-0.3, -0.25) is 0 Å². The number of rotatable bonds is 9. The van der Waals surface area contributed by atoms with Gasteiger partial charge in [0.05, 0.1) is 11.2 Å². The van der Waals surface area contributed by atoms with Crippen LogP contribution in [-0.4, -0.2) is 28.5 Å². The molecule has 0 radical (unpaired) electrons. The molecule has 3 aromatic carbocycles. The van der Waals surface area contributed by atoms with Gasteiger partial charge in [0.2, 0.25) is 0 Å². The van der Waals surface area contributed by atoms with Gasteiger partial charge in [-0.1, -0.05) is 36.4 Å². The summed E-state index contributed by atoms with van der Waals surface area (Å²) in [6, 6.07) is 19.7. The van der Waals surface area contributed by atoms with E-state index >= 15 is 0 Å². The molecule has 0 saturated heterocycles. The van der Waals surface area contributed by atoms with E-state index in [2.05, 4.69) is 0 Å². The Bertz CT molecular complexity index is 1200. The summed E-state index contributed by atoms with van der Waals surface area (Å²) in [5.41, 5.74) is 3.68. The first-order chi connectivity index (χ1) is 15.9. The van der Waals surface area contributed by atoms with E-state index in [4.69, 9.17) is 9.15 Å². The smallest absolute Gasteiger partial charge is 0.176 e. The van der Waals surface area contributed by atoms with Gasteiger partial charge in [-0.05, 0) is 60.6 Å². The van der Waals surface area contributed by atoms with Gasteiger partial charge in [0.15, 0.2) is 11.3 Å². The second kappa shape index (κ2) is 9.92. The fourth-order valence-electron chi connectivity index (χ4n) is 3.79. The van der Waals surface area contributed by atoms with E-state index in [0.717, 1.165) is 40.0 Å². The molecule has 0 amide bonds. The normalized spacial score (nSPS) is 11.2. The van der Waals surface area contributed by atoms with Gasteiger partial charge in [-0.15, -0.1) is 11.8 Å². The third-order valence-corrected chi connectivity index (χ3v) is 6.68. The molecule has 0 fully saturated rings. The van der Waals surface area contributed by atoms with Gasteiger partial charge in [0, 0.05) is 10.9 Å². The molecule has 6 nitrogen and oxygen atoms in total. The Labute approximate surface area is 195 Å². The van der Waals surface area contributed by atoms with Crippen molar-refractivity contribution in [1.82, 2.24) is 0 Å². The summed E-state index contributed by atoms with van der Waals surface area (Å²) in [5, 5.41) is 31.0. The first-order valence-electron chi connectivity index (χ1n) is 10.5. The van der Waals surface area contributed by atoms with Crippen LogP contribution in [0.25, 0.3) is 11.0 Å². The number of carbonyl (C=O) groups excluding carboxylic acids is 1. The van der Waals surface area contributed by atoms with E-state index in [1.165, 1.54) is 0 Å². The lowest BCUT2D eigenvalue weighted by molar-refractivity contribution is -0.307. The van der Waals surface area contributed by atoms with Crippen LogP contribution in [0.4, 0.5) is 0 Å². The van der Waals surface area contributed by atoms with Crippen molar-refractivity contribution in [3.63, 3.8) is 0 Å². The van der Waals surface area contributed by atoms with E-state index in [-0.39, 0.29) is 16.7 Å². The summed E-state index contributed by atoms with van der Waals surface area (Å²) >= 11 is 1.75. The second-order valence-electron chi connectivity index (χ2n) is 7.61. The van der Waals surface area contributed by atoms with Crippen LogP contribution in [0.15, 0.2) is 71.1 Å².